The number of rotatable bonds is 6. The molecule has 3 rings (SSSR count). The molecule has 0 unspecified atom stereocenters. The fraction of sp³-hybridized carbons (Fsp3) is 0.300. The van der Waals surface area contributed by atoms with Gasteiger partial charge in [-0.25, -0.2) is 0 Å². The summed E-state index contributed by atoms with van der Waals surface area (Å²) in [5, 5.41) is 10.9. The van der Waals surface area contributed by atoms with Gasteiger partial charge in [0.2, 0.25) is 6.10 Å². The van der Waals surface area contributed by atoms with Crippen LogP contribution < -0.4 is 4.74 Å². The van der Waals surface area contributed by atoms with Crippen LogP contribution in [0.25, 0.3) is 0 Å². The Morgan fingerprint density at radius 1 is 1.11 bits per heavy atom. The molecular formula is C20H20N2O5. The molecule has 1 heterocycles. The molecule has 2 aromatic carbocycles. The minimum absolute atomic E-state index is 0.0385. The van der Waals surface area contributed by atoms with Crippen molar-refractivity contribution in [3.8, 4) is 5.75 Å². The van der Waals surface area contributed by atoms with Crippen LogP contribution >= 0.6 is 0 Å². The molecule has 0 N–H and O–H groups in total. The number of nitrogens with zero attached hydrogens (tertiary/aromatic N) is 2. The topological polar surface area (TPSA) is 89.7 Å². The van der Waals surface area contributed by atoms with Gasteiger partial charge in [0.05, 0.1) is 10.5 Å². The Balaban J connectivity index is 1.93. The first-order valence-corrected chi connectivity index (χ1v) is 8.84. The summed E-state index contributed by atoms with van der Waals surface area (Å²) in [6.07, 6.45) is 2.58. The average molecular weight is 368 g/mol. The van der Waals surface area contributed by atoms with E-state index in [9.17, 15) is 19.7 Å². The van der Waals surface area contributed by atoms with Crippen LogP contribution in [-0.2, 0) is 4.79 Å². The second-order valence-electron chi connectivity index (χ2n) is 6.39. The van der Waals surface area contributed by atoms with Crippen molar-refractivity contribution in [2.45, 2.75) is 25.4 Å². The van der Waals surface area contributed by atoms with Crippen LogP contribution in [0.3, 0.4) is 0 Å². The molecule has 1 atom stereocenters. The van der Waals surface area contributed by atoms with Gasteiger partial charge in [0, 0.05) is 30.8 Å². The lowest BCUT2D eigenvalue weighted by Crippen LogP contribution is -2.40. The average Bonchev–Trinajstić information content (AvgIpc) is 2.72. The molecule has 27 heavy (non-hydrogen) atoms. The highest BCUT2D eigenvalue weighted by atomic mass is 16.6. The molecule has 1 aliphatic rings. The van der Waals surface area contributed by atoms with E-state index in [4.69, 9.17) is 4.74 Å². The molecule has 1 aliphatic heterocycles. The standard InChI is InChI=1S/C20H20N2O5/c23-14-16-13-17(22(25)26)9-10-18(16)27-19(15-7-3-1-4-8-15)20(24)21-11-5-2-6-12-21/h1,3-4,7-10,13-14,19H,2,5-6,11-12H2/t19-/m0/s1. The fourth-order valence-electron chi connectivity index (χ4n) is 3.14. The fourth-order valence-corrected chi connectivity index (χ4v) is 3.14. The molecule has 1 fully saturated rings. The zero-order chi connectivity index (χ0) is 19.2. The van der Waals surface area contributed by atoms with Gasteiger partial charge >= 0.3 is 0 Å². The second kappa shape index (κ2) is 8.44. The Labute approximate surface area is 156 Å². The van der Waals surface area contributed by atoms with Crippen LogP contribution in [0.4, 0.5) is 5.69 Å². The largest absolute Gasteiger partial charge is 0.475 e. The number of carbonyl (C=O) groups excluding carboxylic acids is 2. The van der Waals surface area contributed by atoms with Crippen molar-refractivity contribution in [1.82, 2.24) is 4.90 Å². The molecule has 7 heteroatoms. The van der Waals surface area contributed by atoms with Gasteiger partial charge in [-0.2, -0.15) is 0 Å². The Morgan fingerprint density at radius 2 is 1.81 bits per heavy atom. The predicted molar refractivity (Wildman–Crippen MR) is 98.7 cm³/mol. The summed E-state index contributed by atoms with van der Waals surface area (Å²) < 4.78 is 5.93. The molecule has 0 saturated carbocycles. The number of hydrogen-bond acceptors (Lipinski definition) is 5. The van der Waals surface area contributed by atoms with E-state index in [1.165, 1.54) is 12.1 Å². The smallest absolute Gasteiger partial charge is 0.270 e. The van der Waals surface area contributed by atoms with Crippen LogP contribution in [0.2, 0.25) is 0 Å². The van der Waals surface area contributed by atoms with Crippen LogP contribution in [0.15, 0.2) is 48.5 Å². The van der Waals surface area contributed by atoms with E-state index >= 15 is 0 Å². The van der Waals surface area contributed by atoms with E-state index in [0.717, 1.165) is 25.3 Å². The van der Waals surface area contributed by atoms with Gasteiger partial charge in [-0.05, 0) is 25.3 Å². The van der Waals surface area contributed by atoms with E-state index in [1.807, 2.05) is 18.2 Å². The minimum Gasteiger partial charge on any atom is -0.475 e. The first-order valence-electron chi connectivity index (χ1n) is 8.84. The minimum atomic E-state index is -0.913. The summed E-state index contributed by atoms with van der Waals surface area (Å²) in [4.78, 5) is 36.6. The molecule has 1 amide bonds. The van der Waals surface area contributed by atoms with Gasteiger partial charge in [-0.15, -0.1) is 0 Å². The summed E-state index contributed by atoms with van der Waals surface area (Å²) in [6, 6.07) is 12.8. The predicted octanol–water partition coefficient (Wildman–Crippen LogP) is 3.54. The number of aldehydes is 1. The maximum absolute atomic E-state index is 13.1. The third kappa shape index (κ3) is 4.31. The second-order valence-corrected chi connectivity index (χ2v) is 6.39. The Morgan fingerprint density at radius 3 is 2.44 bits per heavy atom. The van der Waals surface area contributed by atoms with Crippen molar-refractivity contribution < 1.29 is 19.2 Å². The third-order valence-electron chi connectivity index (χ3n) is 4.57. The molecule has 7 nitrogen and oxygen atoms in total. The highest BCUT2D eigenvalue weighted by Crippen LogP contribution is 2.29. The van der Waals surface area contributed by atoms with Crippen molar-refractivity contribution in [3.05, 3.63) is 69.8 Å². The highest BCUT2D eigenvalue weighted by molar-refractivity contribution is 5.84. The van der Waals surface area contributed by atoms with Gasteiger partial charge in [0.1, 0.15) is 5.75 Å². The van der Waals surface area contributed by atoms with Gasteiger partial charge in [0.25, 0.3) is 11.6 Å². The SMILES string of the molecule is O=Cc1cc([N+](=O)[O-])ccc1O[C@H](C(=O)N1CCCCC1)c1ccccc1. The quantitative estimate of drug-likeness (QED) is 0.442. The molecule has 0 aromatic heterocycles. The van der Waals surface area contributed by atoms with E-state index in [0.29, 0.717) is 24.9 Å². The van der Waals surface area contributed by atoms with E-state index in [1.54, 1.807) is 17.0 Å². The molecule has 140 valence electrons. The number of hydrogen-bond donors (Lipinski definition) is 0. The molecule has 1 saturated heterocycles. The lowest BCUT2D eigenvalue weighted by atomic mass is 10.1. The number of piperidine rings is 1. The van der Waals surface area contributed by atoms with Gasteiger partial charge in [-0.3, -0.25) is 19.7 Å². The zero-order valence-electron chi connectivity index (χ0n) is 14.7. The van der Waals surface area contributed by atoms with Gasteiger partial charge in [-0.1, -0.05) is 30.3 Å². The van der Waals surface area contributed by atoms with Gasteiger partial charge in [0.15, 0.2) is 6.29 Å². The molecule has 0 aliphatic carbocycles. The number of non-ortho nitro benzene ring substituents is 1. The first kappa shape index (κ1) is 18.6. The van der Waals surface area contributed by atoms with Crippen molar-refractivity contribution in [2.75, 3.05) is 13.1 Å². The lowest BCUT2D eigenvalue weighted by molar-refractivity contribution is -0.384. The molecule has 0 bridgehead atoms. The Hall–Kier alpha value is -3.22. The Bertz CT molecular complexity index is 832. The number of carbonyl (C=O) groups is 2. The van der Waals surface area contributed by atoms with E-state index in [-0.39, 0.29) is 22.9 Å². The zero-order valence-corrected chi connectivity index (χ0v) is 14.7. The molecule has 2 aromatic rings. The highest BCUT2D eigenvalue weighted by Gasteiger charge is 2.29. The van der Waals surface area contributed by atoms with Crippen LogP contribution in [-0.4, -0.2) is 35.1 Å². The lowest BCUT2D eigenvalue weighted by Gasteiger charge is -2.31. The maximum Gasteiger partial charge on any atom is 0.270 e. The molecular weight excluding hydrogens is 348 g/mol. The summed E-state index contributed by atoms with van der Waals surface area (Å²) in [7, 11) is 0. The summed E-state index contributed by atoms with van der Waals surface area (Å²) in [6.45, 7) is 1.35. The van der Waals surface area contributed by atoms with Crippen molar-refractivity contribution >= 4 is 17.9 Å². The van der Waals surface area contributed by atoms with Crippen LogP contribution in [0, 0.1) is 10.1 Å². The number of likely N-dealkylation sites (tertiary alicyclic amines) is 1. The molecule has 0 radical (unpaired) electrons. The van der Waals surface area contributed by atoms with Crippen molar-refractivity contribution in [1.29, 1.82) is 0 Å². The van der Waals surface area contributed by atoms with Crippen LogP contribution in [0.5, 0.6) is 5.75 Å². The monoisotopic (exact) mass is 368 g/mol. The normalized spacial score (nSPS) is 15.0. The number of ether oxygens (including phenoxy) is 1. The third-order valence-corrected chi connectivity index (χ3v) is 4.57. The van der Waals surface area contributed by atoms with E-state index in [2.05, 4.69) is 0 Å². The van der Waals surface area contributed by atoms with E-state index < -0.39 is 11.0 Å². The first-order chi connectivity index (χ1) is 13.1. The summed E-state index contributed by atoms with van der Waals surface area (Å²) in [5.74, 6) is -0.0223. The number of benzene rings is 2. The van der Waals surface area contributed by atoms with Gasteiger partial charge < -0.3 is 9.64 Å². The number of nitro groups is 1. The number of nitro benzene ring substituents is 1. The summed E-state index contributed by atoms with van der Waals surface area (Å²) >= 11 is 0. The Kier molecular flexibility index (Phi) is 5.80. The summed E-state index contributed by atoms with van der Waals surface area (Å²) in [5.41, 5.74) is 0.503. The van der Waals surface area contributed by atoms with Crippen molar-refractivity contribution in [3.63, 3.8) is 0 Å². The van der Waals surface area contributed by atoms with Crippen molar-refractivity contribution in [2.24, 2.45) is 0 Å². The maximum atomic E-state index is 13.1. The molecule has 0 spiro atoms. The van der Waals surface area contributed by atoms with Crippen LogP contribution in [0.1, 0.15) is 41.3 Å². The number of amides is 1.